The Morgan fingerprint density at radius 1 is 0.919 bits per heavy atom. The second kappa shape index (κ2) is 10.4. The molecule has 4 rings (SSSR count). The number of carbonyl (C=O) groups is 1. The second-order valence-electron chi connectivity index (χ2n) is 8.69. The lowest BCUT2D eigenvalue weighted by molar-refractivity contribution is -0.137. The molecule has 0 aliphatic carbocycles. The number of anilines is 2. The van der Waals surface area contributed by atoms with Gasteiger partial charge in [-0.2, -0.15) is 13.2 Å². The van der Waals surface area contributed by atoms with E-state index in [1.165, 1.54) is 41.3 Å². The summed E-state index contributed by atoms with van der Waals surface area (Å²) in [6.45, 7) is 2.04. The number of benzene rings is 3. The lowest BCUT2D eigenvalue weighted by Gasteiger charge is -2.37. The molecule has 1 saturated heterocycles. The number of nitrogens with zero attached hydrogens (tertiary/aromatic N) is 3. The van der Waals surface area contributed by atoms with Crippen LogP contribution >= 0.6 is 0 Å². The van der Waals surface area contributed by atoms with Crippen LogP contribution in [-0.4, -0.2) is 51.9 Å². The maximum absolute atomic E-state index is 14.7. The van der Waals surface area contributed by atoms with Crippen LogP contribution in [0.2, 0.25) is 0 Å². The van der Waals surface area contributed by atoms with Crippen LogP contribution in [0.1, 0.15) is 11.1 Å². The number of sulfonamides is 1. The summed E-state index contributed by atoms with van der Waals surface area (Å²) in [5.74, 6) is -1.33. The zero-order chi connectivity index (χ0) is 26.8. The standard InChI is InChI=1S/C26H25F4N3O3S/c1-19-9-11-22(12-10-19)37(35,36)33(24-8-3-2-7-23(24)27)18-25(34)32-15-13-31(14-16-32)21-6-4-5-20(17-21)26(28,29)30/h2-12,17H,13-16,18H2,1H3. The van der Waals surface area contributed by atoms with Crippen molar-refractivity contribution in [3.8, 4) is 0 Å². The number of alkyl halides is 3. The zero-order valence-corrected chi connectivity index (χ0v) is 20.8. The molecule has 1 heterocycles. The van der Waals surface area contributed by atoms with Gasteiger partial charge in [-0.3, -0.25) is 9.10 Å². The molecule has 0 saturated carbocycles. The first kappa shape index (κ1) is 26.5. The zero-order valence-electron chi connectivity index (χ0n) is 20.0. The van der Waals surface area contributed by atoms with E-state index < -0.39 is 40.0 Å². The van der Waals surface area contributed by atoms with Crippen LogP contribution in [0, 0.1) is 12.7 Å². The third-order valence-electron chi connectivity index (χ3n) is 6.18. The van der Waals surface area contributed by atoms with Crippen molar-refractivity contribution in [2.75, 3.05) is 41.9 Å². The van der Waals surface area contributed by atoms with Crippen molar-refractivity contribution in [1.82, 2.24) is 4.90 Å². The van der Waals surface area contributed by atoms with E-state index in [4.69, 9.17) is 0 Å². The quantitative estimate of drug-likeness (QED) is 0.430. The number of aryl methyl sites for hydroxylation is 1. The lowest BCUT2D eigenvalue weighted by atomic mass is 10.1. The number of carbonyl (C=O) groups excluding carboxylic acids is 1. The van der Waals surface area contributed by atoms with E-state index in [0.29, 0.717) is 5.69 Å². The van der Waals surface area contributed by atoms with Crippen molar-refractivity contribution < 1.29 is 30.8 Å². The molecule has 1 aliphatic rings. The molecule has 0 atom stereocenters. The fourth-order valence-corrected chi connectivity index (χ4v) is 5.53. The monoisotopic (exact) mass is 535 g/mol. The van der Waals surface area contributed by atoms with Gasteiger partial charge in [0.2, 0.25) is 5.91 Å². The van der Waals surface area contributed by atoms with Gasteiger partial charge in [0.25, 0.3) is 10.0 Å². The molecule has 1 fully saturated rings. The van der Waals surface area contributed by atoms with Gasteiger partial charge >= 0.3 is 6.18 Å². The molecule has 37 heavy (non-hydrogen) atoms. The number of para-hydroxylation sites is 1. The molecule has 0 radical (unpaired) electrons. The van der Waals surface area contributed by atoms with Gasteiger partial charge in [-0.05, 0) is 49.4 Å². The smallest absolute Gasteiger partial charge is 0.368 e. The molecule has 3 aromatic carbocycles. The summed E-state index contributed by atoms with van der Waals surface area (Å²) in [4.78, 5) is 16.3. The molecule has 0 aromatic heterocycles. The van der Waals surface area contributed by atoms with Gasteiger partial charge in [0.15, 0.2) is 0 Å². The van der Waals surface area contributed by atoms with E-state index in [1.807, 2.05) is 0 Å². The van der Waals surface area contributed by atoms with Crippen molar-refractivity contribution in [2.45, 2.75) is 18.0 Å². The summed E-state index contributed by atoms with van der Waals surface area (Å²) in [6.07, 6.45) is -4.47. The highest BCUT2D eigenvalue weighted by Crippen LogP contribution is 2.32. The number of hydrogen-bond donors (Lipinski definition) is 0. The lowest BCUT2D eigenvalue weighted by Crippen LogP contribution is -2.52. The fourth-order valence-electron chi connectivity index (χ4n) is 4.11. The number of halogens is 4. The fraction of sp³-hybridized carbons (Fsp3) is 0.269. The number of rotatable bonds is 6. The molecule has 3 aromatic rings. The maximum atomic E-state index is 14.7. The Balaban J connectivity index is 1.52. The summed E-state index contributed by atoms with van der Waals surface area (Å²) in [6, 6.07) is 16.3. The van der Waals surface area contributed by atoms with E-state index in [1.54, 1.807) is 30.0 Å². The predicted molar refractivity (Wildman–Crippen MR) is 132 cm³/mol. The molecule has 1 aliphatic heterocycles. The Kier molecular flexibility index (Phi) is 7.44. The minimum Gasteiger partial charge on any atom is -0.368 e. The van der Waals surface area contributed by atoms with E-state index in [2.05, 4.69) is 0 Å². The van der Waals surface area contributed by atoms with Crippen LogP contribution in [0.15, 0.2) is 77.7 Å². The van der Waals surface area contributed by atoms with Gasteiger partial charge in [-0.1, -0.05) is 35.9 Å². The summed E-state index contributed by atoms with van der Waals surface area (Å²) < 4.78 is 81.6. The molecule has 6 nitrogen and oxygen atoms in total. The number of piperazine rings is 1. The molecule has 11 heteroatoms. The van der Waals surface area contributed by atoms with Crippen molar-refractivity contribution in [3.63, 3.8) is 0 Å². The first-order valence-corrected chi connectivity index (χ1v) is 12.9. The van der Waals surface area contributed by atoms with E-state index in [9.17, 15) is 30.8 Å². The maximum Gasteiger partial charge on any atom is 0.416 e. The molecular weight excluding hydrogens is 510 g/mol. The molecule has 196 valence electrons. The average molecular weight is 536 g/mol. The summed E-state index contributed by atoms with van der Waals surface area (Å²) >= 11 is 0. The first-order chi connectivity index (χ1) is 17.5. The van der Waals surface area contributed by atoms with E-state index in [-0.39, 0.29) is 36.8 Å². The summed E-state index contributed by atoms with van der Waals surface area (Å²) in [7, 11) is -4.27. The Morgan fingerprint density at radius 3 is 2.19 bits per heavy atom. The van der Waals surface area contributed by atoms with Crippen LogP contribution in [0.5, 0.6) is 0 Å². The van der Waals surface area contributed by atoms with Crippen LogP contribution in [-0.2, 0) is 21.0 Å². The third kappa shape index (κ3) is 5.87. The van der Waals surface area contributed by atoms with Gasteiger partial charge in [0.1, 0.15) is 12.4 Å². The van der Waals surface area contributed by atoms with Crippen molar-refractivity contribution in [3.05, 3.63) is 89.7 Å². The molecule has 0 unspecified atom stereocenters. The minimum atomic E-state index is -4.47. The van der Waals surface area contributed by atoms with Crippen LogP contribution < -0.4 is 9.21 Å². The SMILES string of the molecule is Cc1ccc(S(=O)(=O)N(CC(=O)N2CCN(c3cccc(C(F)(F)F)c3)CC2)c2ccccc2F)cc1. The van der Waals surface area contributed by atoms with Gasteiger partial charge in [0.05, 0.1) is 16.1 Å². The molecule has 1 amide bonds. The minimum absolute atomic E-state index is 0.0801. The third-order valence-corrected chi connectivity index (χ3v) is 7.95. The Labute approximate surface area is 212 Å². The molecular formula is C26H25F4N3O3S. The Hall–Kier alpha value is -3.60. The number of hydrogen-bond acceptors (Lipinski definition) is 4. The summed E-state index contributed by atoms with van der Waals surface area (Å²) in [5, 5.41) is 0. The highest BCUT2D eigenvalue weighted by molar-refractivity contribution is 7.92. The first-order valence-electron chi connectivity index (χ1n) is 11.5. The highest BCUT2D eigenvalue weighted by atomic mass is 32.2. The topological polar surface area (TPSA) is 60.9 Å². The van der Waals surface area contributed by atoms with Crippen molar-refractivity contribution in [1.29, 1.82) is 0 Å². The average Bonchev–Trinajstić information content (AvgIpc) is 2.87. The van der Waals surface area contributed by atoms with Crippen molar-refractivity contribution in [2.24, 2.45) is 0 Å². The molecule has 0 bridgehead atoms. The van der Waals surface area contributed by atoms with Crippen LogP contribution in [0.4, 0.5) is 28.9 Å². The largest absolute Gasteiger partial charge is 0.416 e. The van der Waals surface area contributed by atoms with Crippen LogP contribution in [0.3, 0.4) is 0 Å². The van der Waals surface area contributed by atoms with E-state index in [0.717, 1.165) is 28.1 Å². The number of amides is 1. The van der Waals surface area contributed by atoms with Gasteiger partial charge in [-0.25, -0.2) is 12.8 Å². The predicted octanol–water partition coefficient (Wildman–Crippen LogP) is 4.70. The highest BCUT2D eigenvalue weighted by Gasteiger charge is 2.33. The molecule has 0 spiro atoms. The van der Waals surface area contributed by atoms with Crippen LogP contribution in [0.25, 0.3) is 0 Å². The summed E-state index contributed by atoms with van der Waals surface area (Å²) in [5.41, 5.74) is 0.215. The van der Waals surface area contributed by atoms with Gasteiger partial charge in [-0.15, -0.1) is 0 Å². The van der Waals surface area contributed by atoms with Gasteiger partial charge in [0, 0.05) is 31.9 Å². The normalized spacial score (nSPS) is 14.5. The Morgan fingerprint density at radius 2 is 1.57 bits per heavy atom. The van der Waals surface area contributed by atoms with Crippen molar-refractivity contribution >= 4 is 27.3 Å². The van der Waals surface area contributed by atoms with E-state index >= 15 is 0 Å². The van der Waals surface area contributed by atoms with Gasteiger partial charge < -0.3 is 9.80 Å². The Bertz CT molecular complexity index is 1370. The second-order valence-corrected chi connectivity index (χ2v) is 10.6. The molecule has 0 N–H and O–H groups in total.